The smallest absolute Gasteiger partial charge is 0.143 e. The van der Waals surface area contributed by atoms with Gasteiger partial charge in [0.2, 0.25) is 0 Å². The molecule has 3 nitrogen and oxygen atoms in total. The van der Waals surface area contributed by atoms with Crippen molar-refractivity contribution < 1.29 is 4.39 Å². The summed E-state index contributed by atoms with van der Waals surface area (Å²) in [5.74, 6) is 0.195. The summed E-state index contributed by atoms with van der Waals surface area (Å²) in [4.78, 5) is 2.45. The molecule has 19 heavy (non-hydrogen) atoms. The molecule has 2 rings (SSSR count). The van der Waals surface area contributed by atoms with E-state index in [-0.39, 0.29) is 5.02 Å². The summed E-state index contributed by atoms with van der Waals surface area (Å²) in [7, 11) is 0. The third-order valence-electron chi connectivity index (χ3n) is 3.83. The highest BCUT2D eigenvalue weighted by atomic mass is 35.5. The molecule has 106 valence electrons. The van der Waals surface area contributed by atoms with Crippen LogP contribution in [0.1, 0.15) is 19.8 Å². The zero-order chi connectivity index (χ0) is 13.8. The van der Waals surface area contributed by atoms with Gasteiger partial charge < -0.3 is 16.0 Å². The fourth-order valence-corrected chi connectivity index (χ4v) is 2.65. The second kappa shape index (κ2) is 6.44. The lowest BCUT2D eigenvalue weighted by Crippen LogP contribution is -2.35. The number of nitrogen functional groups attached to an aromatic ring is 1. The quantitative estimate of drug-likeness (QED) is 0.835. The van der Waals surface area contributed by atoms with Crippen molar-refractivity contribution in [3.05, 3.63) is 23.0 Å². The maximum absolute atomic E-state index is 13.4. The first kappa shape index (κ1) is 14.4. The van der Waals surface area contributed by atoms with Gasteiger partial charge in [-0.1, -0.05) is 18.5 Å². The fraction of sp³-hybridized carbons (Fsp3) is 0.571. The molecule has 1 aliphatic rings. The van der Waals surface area contributed by atoms with Crippen molar-refractivity contribution in [3.63, 3.8) is 0 Å². The van der Waals surface area contributed by atoms with Crippen LogP contribution >= 0.6 is 11.6 Å². The van der Waals surface area contributed by atoms with E-state index in [1.807, 2.05) is 0 Å². The summed E-state index contributed by atoms with van der Waals surface area (Å²) in [5.41, 5.74) is 6.96. The molecule has 1 heterocycles. The van der Waals surface area contributed by atoms with Crippen LogP contribution in [0.15, 0.2) is 12.1 Å². The number of likely N-dealkylation sites (tertiary alicyclic amines) is 1. The van der Waals surface area contributed by atoms with Crippen molar-refractivity contribution in [2.75, 3.05) is 37.2 Å². The molecular formula is C14H21ClFN3. The van der Waals surface area contributed by atoms with Gasteiger partial charge in [0, 0.05) is 12.6 Å². The molecule has 0 amide bonds. The van der Waals surface area contributed by atoms with Crippen molar-refractivity contribution in [2.45, 2.75) is 19.8 Å². The molecule has 0 saturated carbocycles. The summed E-state index contributed by atoms with van der Waals surface area (Å²) in [6.45, 7) is 6.44. The molecule has 0 bridgehead atoms. The van der Waals surface area contributed by atoms with Gasteiger partial charge in [0.05, 0.1) is 16.4 Å². The highest BCUT2D eigenvalue weighted by Gasteiger charge is 2.18. The van der Waals surface area contributed by atoms with Gasteiger partial charge in [-0.05, 0) is 44.5 Å². The molecule has 3 N–H and O–H groups in total. The Morgan fingerprint density at radius 3 is 2.74 bits per heavy atom. The van der Waals surface area contributed by atoms with E-state index in [9.17, 15) is 4.39 Å². The van der Waals surface area contributed by atoms with Crippen LogP contribution in [0.5, 0.6) is 0 Å². The maximum atomic E-state index is 13.4. The molecule has 0 aromatic heterocycles. The third-order valence-corrected chi connectivity index (χ3v) is 4.12. The zero-order valence-electron chi connectivity index (χ0n) is 11.3. The number of anilines is 2. The normalized spacial score (nSPS) is 17.6. The van der Waals surface area contributed by atoms with Crippen LogP contribution in [0.4, 0.5) is 15.8 Å². The molecule has 1 aromatic carbocycles. The monoisotopic (exact) mass is 285 g/mol. The molecule has 0 aliphatic carbocycles. The first-order valence-electron chi connectivity index (χ1n) is 6.81. The van der Waals surface area contributed by atoms with Gasteiger partial charge in [-0.2, -0.15) is 0 Å². The van der Waals surface area contributed by atoms with Gasteiger partial charge >= 0.3 is 0 Å². The van der Waals surface area contributed by atoms with Crippen LogP contribution < -0.4 is 11.1 Å². The number of hydrogen-bond donors (Lipinski definition) is 2. The number of rotatable bonds is 4. The Morgan fingerprint density at radius 1 is 1.42 bits per heavy atom. The van der Waals surface area contributed by atoms with Crippen LogP contribution in [-0.2, 0) is 0 Å². The van der Waals surface area contributed by atoms with Gasteiger partial charge in [0.1, 0.15) is 5.82 Å². The van der Waals surface area contributed by atoms with Crippen molar-refractivity contribution in [3.8, 4) is 0 Å². The second-order valence-corrected chi connectivity index (χ2v) is 5.52. The van der Waals surface area contributed by atoms with Crippen molar-refractivity contribution in [1.82, 2.24) is 4.90 Å². The van der Waals surface area contributed by atoms with Crippen LogP contribution in [0.2, 0.25) is 5.02 Å². The van der Waals surface area contributed by atoms with Crippen molar-refractivity contribution >= 4 is 23.0 Å². The highest BCUT2D eigenvalue weighted by Crippen LogP contribution is 2.27. The van der Waals surface area contributed by atoms with Crippen LogP contribution in [0, 0.1) is 11.7 Å². The number of halogens is 2. The van der Waals surface area contributed by atoms with Gasteiger partial charge in [-0.25, -0.2) is 4.39 Å². The Kier molecular flexibility index (Phi) is 4.88. The van der Waals surface area contributed by atoms with Crippen molar-refractivity contribution in [2.24, 2.45) is 5.92 Å². The number of piperidine rings is 1. The average Bonchev–Trinajstić information content (AvgIpc) is 2.42. The predicted molar refractivity (Wildman–Crippen MR) is 79.2 cm³/mol. The molecule has 0 atom stereocenters. The van der Waals surface area contributed by atoms with Gasteiger partial charge in [-0.15, -0.1) is 0 Å². The van der Waals surface area contributed by atoms with E-state index in [0.717, 1.165) is 26.2 Å². The fourth-order valence-electron chi connectivity index (χ4n) is 2.48. The number of nitrogens with zero attached hydrogens (tertiary/aromatic N) is 1. The van der Waals surface area contributed by atoms with Gasteiger partial charge in [-0.3, -0.25) is 0 Å². The average molecular weight is 286 g/mol. The standard InChI is InChI=1S/C14H21ClFN3/c1-2-19-5-3-10(4-6-19)9-18-14-8-12(16)11(15)7-13(14)17/h7-8,10,18H,2-6,9,17H2,1H3. The summed E-state index contributed by atoms with van der Waals surface area (Å²) in [6.07, 6.45) is 2.35. The Morgan fingerprint density at radius 2 is 2.11 bits per heavy atom. The Bertz CT molecular complexity index is 431. The summed E-state index contributed by atoms with van der Waals surface area (Å²) < 4.78 is 13.4. The Balaban J connectivity index is 1.88. The SMILES string of the molecule is CCN1CCC(CNc2cc(F)c(Cl)cc2N)CC1. The van der Waals surface area contributed by atoms with Crippen molar-refractivity contribution in [1.29, 1.82) is 0 Å². The number of nitrogens with two attached hydrogens (primary N) is 1. The van der Waals surface area contributed by atoms with Gasteiger partial charge in [0.15, 0.2) is 0 Å². The summed E-state index contributed by atoms with van der Waals surface area (Å²) in [5, 5.41) is 3.31. The van der Waals surface area contributed by atoms with E-state index in [2.05, 4.69) is 17.1 Å². The number of hydrogen-bond acceptors (Lipinski definition) is 3. The minimum Gasteiger partial charge on any atom is -0.397 e. The zero-order valence-corrected chi connectivity index (χ0v) is 12.0. The lowest BCUT2D eigenvalue weighted by molar-refractivity contribution is 0.198. The third kappa shape index (κ3) is 3.74. The molecule has 0 radical (unpaired) electrons. The lowest BCUT2D eigenvalue weighted by atomic mass is 9.96. The summed E-state index contributed by atoms with van der Waals surface area (Å²) >= 11 is 5.68. The molecule has 1 fully saturated rings. The van der Waals surface area contributed by atoms with E-state index < -0.39 is 5.82 Å². The molecule has 5 heteroatoms. The number of benzene rings is 1. The first-order chi connectivity index (χ1) is 9.10. The van der Waals surface area contributed by atoms with E-state index in [0.29, 0.717) is 17.3 Å². The number of nitrogens with one attached hydrogen (secondary N) is 1. The maximum Gasteiger partial charge on any atom is 0.143 e. The Labute approximate surface area is 118 Å². The van der Waals surface area contributed by atoms with Gasteiger partial charge in [0.25, 0.3) is 0 Å². The molecule has 1 saturated heterocycles. The second-order valence-electron chi connectivity index (χ2n) is 5.11. The molecule has 0 unspecified atom stereocenters. The molecule has 1 aliphatic heterocycles. The van der Waals surface area contributed by atoms with E-state index in [1.165, 1.54) is 25.0 Å². The van der Waals surface area contributed by atoms with Crippen LogP contribution in [0.3, 0.4) is 0 Å². The lowest BCUT2D eigenvalue weighted by Gasteiger charge is -2.31. The van der Waals surface area contributed by atoms with E-state index in [4.69, 9.17) is 17.3 Å². The minimum absolute atomic E-state index is 0.0688. The van der Waals surface area contributed by atoms with Crippen LogP contribution in [0.25, 0.3) is 0 Å². The summed E-state index contributed by atoms with van der Waals surface area (Å²) in [6, 6.07) is 2.83. The molecular weight excluding hydrogens is 265 g/mol. The minimum atomic E-state index is -0.431. The van der Waals surface area contributed by atoms with Crippen LogP contribution in [-0.4, -0.2) is 31.1 Å². The Hall–Kier alpha value is -1.00. The molecule has 0 spiro atoms. The topological polar surface area (TPSA) is 41.3 Å². The first-order valence-corrected chi connectivity index (χ1v) is 7.18. The van der Waals surface area contributed by atoms with E-state index >= 15 is 0 Å². The largest absolute Gasteiger partial charge is 0.397 e. The highest BCUT2D eigenvalue weighted by molar-refractivity contribution is 6.31. The van der Waals surface area contributed by atoms with E-state index in [1.54, 1.807) is 0 Å². The molecule has 1 aromatic rings. The predicted octanol–water partition coefficient (Wildman–Crippen LogP) is 3.21.